The van der Waals surface area contributed by atoms with Crippen molar-refractivity contribution in [2.24, 2.45) is 5.73 Å². The summed E-state index contributed by atoms with van der Waals surface area (Å²) in [6, 6.07) is 12.4. The van der Waals surface area contributed by atoms with Crippen LogP contribution in [0.2, 0.25) is 5.02 Å². The number of aromatic amines is 1. The van der Waals surface area contributed by atoms with Crippen LogP contribution in [-0.2, 0) is 11.2 Å². The van der Waals surface area contributed by atoms with Gasteiger partial charge in [-0.2, -0.15) is 0 Å². The van der Waals surface area contributed by atoms with Gasteiger partial charge in [-0.25, -0.2) is 9.78 Å². The van der Waals surface area contributed by atoms with Crippen LogP contribution in [-0.4, -0.2) is 33.0 Å². The molecule has 148 valence electrons. The van der Waals surface area contributed by atoms with Crippen LogP contribution in [0.25, 0.3) is 11.4 Å². The number of anilines is 2. The van der Waals surface area contributed by atoms with Crippen molar-refractivity contribution >= 4 is 41.0 Å². The number of imidazole rings is 1. The second kappa shape index (κ2) is 8.44. The summed E-state index contributed by atoms with van der Waals surface area (Å²) in [6.45, 7) is 0. The molecule has 3 amide bonds. The molecule has 0 radical (unpaired) electrons. The predicted molar refractivity (Wildman–Crippen MR) is 108 cm³/mol. The number of carbonyl (C=O) groups is 3. The molecule has 2 aromatic carbocycles. The number of aliphatic carboxylic acids is 1. The molecule has 3 rings (SSSR count). The quantitative estimate of drug-likeness (QED) is 0.420. The van der Waals surface area contributed by atoms with E-state index in [1.807, 2.05) is 0 Å². The van der Waals surface area contributed by atoms with E-state index < -0.39 is 17.9 Å². The van der Waals surface area contributed by atoms with Gasteiger partial charge in [0.15, 0.2) is 5.69 Å². The number of hydrogen-bond donors (Lipinski definition) is 5. The van der Waals surface area contributed by atoms with E-state index in [1.54, 1.807) is 48.5 Å². The molecule has 0 bridgehead atoms. The Kier molecular flexibility index (Phi) is 5.79. The predicted octanol–water partition coefficient (Wildman–Crippen LogP) is 3.10. The highest BCUT2D eigenvalue weighted by Crippen LogP contribution is 2.22. The molecule has 0 atom stereocenters. The Bertz CT molecular complexity index is 1060. The Labute approximate surface area is 169 Å². The summed E-state index contributed by atoms with van der Waals surface area (Å²) >= 11 is 5.81. The second-order valence-corrected chi connectivity index (χ2v) is 6.46. The summed E-state index contributed by atoms with van der Waals surface area (Å²) in [5.74, 6) is -1.43. The van der Waals surface area contributed by atoms with Crippen molar-refractivity contribution in [1.29, 1.82) is 0 Å². The lowest BCUT2D eigenvalue weighted by Gasteiger charge is -2.07. The van der Waals surface area contributed by atoms with Crippen LogP contribution in [0.3, 0.4) is 0 Å². The zero-order valence-corrected chi connectivity index (χ0v) is 15.7. The number of urea groups is 1. The van der Waals surface area contributed by atoms with Crippen LogP contribution in [0.15, 0.2) is 48.5 Å². The molecule has 6 N–H and O–H groups in total. The molecule has 9 nitrogen and oxygen atoms in total. The van der Waals surface area contributed by atoms with Crippen molar-refractivity contribution in [2.45, 2.75) is 6.42 Å². The van der Waals surface area contributed by atoms with E-state index in [0.29, 0.717) is 27.7 Å². The fourth-order valence-electron chi connectivity index (χ4n) is 2.54. The van der Waals surface area contributed by atoms with Crippen LogP contribution < -0.4 is 16.4 Å². The molecule has 0 fully saturated rings. The molecule has 1 heterocycles. The number of benzene rings is 2. The standard InChI is InChI=1S/C19H16ClN5O4/c20-12-5-7-13(8-6-12)22-19(29)25-18-15(16(21)28)23-17(24-18)11-3-1-10(2-4-11)9-14(26)27/h1-8H,9H2,(H2,21,28)(H,23,24)(H,26,27)(H2,22,25,29). The van der Waals surface area contributed by atoms with Crippen molar-refractivity contribution in [2.75, 3.05) is 10.6 Å². The van der Waals surface area contributed by atoms with E-state index in [-0.39, 0.29) is 17.9 Å². The Morgan fingerprint density at radius 3 is 2.28 bits per heavy atom. The molecule has 0 saturated heterocycles. The number of nitrogens with zero attached hydrogens (tertiary/aromatic N) is 1. The van der Waals surface area contributed by atoms with Gasteiger partial charge < -0.3 is 21.1 Å². The van der Waals surface area contributed by atoms with Crippen LogP contribution in [0.4, 0.5) is 16.3 Å². The van der Waals surface area contributed by atoms with Gasteiger partial charge in [0.05, 0.1) is 6.42 Å². The van der Waals surface area contributed by atoms with E-state index in [4.69, 9.17) is 22.4 Å². The third-order valence-electron chi connectivity index (χ3n) is 3.86. The number of carboxylic acids is 1. The highest BCUT2D eigenvalue weighted by molar-refractivity contribution is 6.30. The number of nitrogens with one attached hydrogen (secondary N) is 3. The van der Waals surface area contributed by atoms with Crippen LogP contribution in [0.5, 0.6) is 0 Å². The molecule has 3 aromatic rings. The van der Waals surface area contributed by atoms with Gasteiger partial charge in [0.2, 0.25) is 0 Å². The molecule has 29 heavy (non-hydrogen) atoms. The highest BCUT2D eigenvalue weighted by Gasteiger charge is 2.18. The molecule has 0 spiro atoms. The van der Waals surface area contributed by atoms with Gasteiger partial charge in [-0.05, 0) is 29.8 Å². The maximum atomic E-state index is 12.2. The molecule has 1 aromatic heterocycles. The Morgan fingerprint density at radius 2 is 1.69 bits per heavy atom. The van der Waals surface area contributed by atoms with E-state index in [2.05, 4.69) is 20.6 Å². The van der Waals surface area contributed by atoms with Gasteiger partial charge in [-0.15, -0.1) is 0 Å². The number of aromatic nitrogens is 2. The molecule has 0 aliphatic carbocycles. The minimum Gasteiger partial charge on any atom is -0.481 e. The van der Waals surface area contributed by atoms with Crippen LogP contribution in [0, 0.1) is 0 Å². The van der Waals surface area contributed by atoms with Gasteiger partial charge in [-0.3, -0.25) is 14.9 Å². The first-order valence-corrected chi connectivity index (χ1v) is 8.74. The zero-order valence-electron chi connectivity index (χ0n) is 14.9. The van der Waals surface area contributed by atoms with Gasteiger partial charge in [0.1, 0.15) is 11.6 Å². The summed E-state index contributed by atoms with van der Waals surface area (Å²) in [5.41, 5.74) is 6.92. The summed E-state index contributed by atoms with van der Waals surface area (Å²) in [6.07, 6.45) is -0.108. The van der Waals surface area contributed by atoms with E-state index in [9.17, 15) is 14.4 Å². The zero-order chi connectivity index (χ0) is 21.0. The monoisotopic (exact) mass is 413 g/mol. The molecule has 10 heteroatoms. The van der Waals surface area contributed by atoms with Gasteiger partial charge >= 0.3 is 12.0 Å². The average molecular weight is 414 g/mol. The fourth-order valence-corrected chi connectivity index (χ4v) is 2.67. The number of amides is 3. The van der Waals surface area contributed by atoms with Crippen LogP contribution >= 0.6 is 11.6 Å². The minimum atomic E-state index is -0.940. The van der Waals surface area contributed by atoms with Crippen molar-refractivity contribution in [1.82, 2.24) is 9.97 Å². The normalized spacial score (nSPS) is 10.4. The molecule has 0 aliphatic heterocycles. The van der Waals surface area contributed by atoms with Gasteiger partial charge in [0.25, 0.3) is 5.91 Å². The summed E-state index contributed by atoms with van der Waals surface area (Å²) in [7, 11) is 0. The topological polar surface area (TPSA) is 150 Å². The van der Waals surface area contributed by atoms with Crippen molar-refractivity contribution in [3.05, 3.63) is 64.8 Å². The average Bonchev–Trinajstić information content (AvgIpc) is 3.07. The maximum Gasteiger partial charge on any atom is 0.324 e. The Hall–Kier alpha value is -3.85. The van der Waals surface area contributed by atoms with Crippen LogP contribution in [0.1, 0.15) is 16.1 Å². The lowest BCUT2D eigenvalue weighted by molar-refractivity contribution is -0.136. The molecule has 0 aliphatic rings. The molecular weight excluding hydrogens is 398 g/mol. The van der Waals surface area contributed by atoms with E-state index >= 15 is 0 Å². The number of H-pyrrole nitrogens is 1. The Balaban J connectivity index is 1.79. The lowest BCUT2D eigenvalue weighted by atomic mass is 10.1. The minimum absolute atomic E-state index is 0.0357. The number of nitrogens with two attached hydrogens (primary N) is 1. The maximum absolute atomic E-state index is 12.2. The van der Waals surface area contributed by atoms with E-state index in [0.717, 1.165) is 0 Å². The molecule has 0 unspecified atom stereocenters. The first-order valence-electron chi connectivity index (χ1n) is 8.36. The molecular formula is C19H16ClN5O4. The van der Waals surface area contributed by atoms with Crippen molar-refractivity contribution < 1.29 is 19.5 Å². The fraction of sp³-hybridized carbons (Fsp3) is 0.0526. The third-order valence-corrected chi connectivity index (χ3v) is 4.11. The SMILES string of the molecule is NC(=O)c1nc(-c2ccc(CC(=O)O)cc2)[nH]c1NC(=O)Nc1ccc(Cl)cc1. The third kappa shape index (κ3) is 5.11. The van der Waals surface area contributed by atoms with E-state index in [1.165, 1.54) is 0 Å². The summed E-state index contributed by atoms with van der Waals surface area (Å²) < 4.78 is 0. The first-order chi connectivity index (χ1) is 13.8. The van der Waals surface area contributed by atoms with Gasteiger partial charge in [-0.1, -0.05) is 35.9 Å². The number of primary amides is 1. The smallest absolute Gasteiger partial charge is 0.324 e. The largest absolute Gasteiger partial charge is 0.481 e. The van der Waals surface area contributed by atoms with Crippen molar-refractivity contribution in [3.8, 4) is 11.4 Å². The summed E-state index contributed by atoms with van der Waals surface area (Å²) in [5, 5.41) is 14.5. The number of carboxylic acid groups (broad SMARTS) is 1. The lowest BCUT2D eigenvalue weighted by Crippen LogP contribution is -2.22. The molecule has 0 saturated carbocycles. The van der Waals surface area contributed by atoms with Crippen molar-refractivity contribution in [3.63, 3.8) is 0 Å². The first kappa shape index (κ1) is 19.9. The number of halogens is 1. The second-order valence-electron chi connectivity index (χ2n) is 6.03. The number of carbonyl (C=O) groups excluding carboxylic acids is 2. The summed E-state index contributed by atoms with van der Waals surface area (Å²) in [4.78, 5) is 41.7. The highest BCUT2D eigenvalue weighted by atomic mass is 35.5. The number of hydrogen-bond acceptors (Lipinski definition) is 4. The van der Waals surface area contributed by atoms with Gasteiger partial charge in [0, 0.05) is 16.3 Å². The Morgan fingerprint density at radius 1 is 1.03 bits per heavy atom. The number of rotatable bonds is 6.